The number of pyridine rings is 1. The number of sulfonamides is 1. The summed E-state index contributed by atoms with van der Waals surface area (Å²) in [6.45, 7) is 2.26. The molecule has 1 aromatic carbocycles. The van der Waals surface area contributed by atoms with Gasteiger partial charge in [0, 0.05) is 37.9 Å². The molecule has 1 saturated heterocycles. The zero-order chi connectivity index (χ0) is 19.1. The lowest BCUT2D eigenvalue weighted by Crippen LogP contribution is -2.33. The van der Waals surface area contributed by atoms with E-state index < -0.39 is 10.0 Å². The van der Waals surface area contributed by atoms with Crippen LogP contribution in [-0.2, 0) is 23.0 Å². The van der Waals surface area contributed by atoms with Crippen molar-refractivity contribution in [1.29, 1.82) is 0 Å². The topological polar surface area (TPSA) is 101 Å². The molecule has 3 rings (SSSR count). The van der Waals surface area contributed by atoms with E-state index in [1.165, 1.54) is 0 Å². The zero-order valence-electron chi connectivity index (χ0n) is 15.2. The lowest BCUT2D eigenvalue weighted by Gasteiger charge is -2.15. The van der Waals surface area contributed by atoms with E-state index in [-0.39, 0.29) is 0 Å². The van der Waals surface area contributed by atoms with Gasteiger partial charge in [-0.2, -0.15) is 4.31 Å². The highest BCUT2D eigenvalue weighted by molar-refractivity contribution is 7.89. The van der Waals surface area contributed by atoms with E-state index >= 15 is 0 Å². The number of aliphatic imine (C=N–C) groups is 1. The molecule has 0 aliphatic carbocycles. The fraction of sp³-hybridized carbons (Fsp3) is 0.368. The van der Waals surface area contributed by atoms with E-state index in [1.54, 1.807) is 34.8 Å². The normalized spacial score (nSPS) is 15.8. The average molecular weight is 388 g/mol. The van der Waals surface area contributed by atoms with Gasteiger partial charge in [-0.25, -0.2) is 13.4 Å². The number of benzene rings is 1. The van der Waals surface area contributed by atoms with E-state index in [0.717, 1.165) is 30.5 Å². The van der Waals surface area contributed by atoms with E-state index in [2.05, 4.69) is 15.3 Å². The summed E-state index contributed by atoms with van der Waals surface area (Å²) in [5.41, 5.74) is 7.78. The predicted molar refractivity (Wildman–Crippen MR) is 106 cm³/mol. The molecule has 7 nitrogen and oxygen atoms in total. The van der Waals surface area contributed by atoms with Gasteiger partial charge in [-0.15, -0.1) is 0 Å². The first kappa shape index (κ1) is 19.3. The fourth-order valence-electron chi connectivity index (χ4n) is 2.94. The highest BCUT2D eigenvalue weighted by atomic mass is 32.2. The molecular weight excluding hydrogens is 362 g/mol. The summed E-state index contributed by atoms with van der Waals surface area (Å²) in [5.74, 6) is 0.361. The summed E-state index contributed by atoms with van der Waals surface area (Å²) < 4.78 is 26.6. The van der Waals surface area contributed by atoms with Crippen LogP contribution in [0.4, 0.5) is 0 Å². The Kier molecular flexibility index (Phi) is 6.41. The Bertz CT molecular complexity index is 861. The van der Waals surface area contributed by atoms with Crippen molar-refractivity contribution in [3.05, 3.63) is 59.9 Å². The first-order valence-corrected chi connectivity index (χ1v) is 10.5. The number of nitrogens with one attached hydrogen (secondary N) is 1. The number of nitrogens with two attached hydrogens (primary N) is 1. The van der Waals surface area contributed by atoms with Crippen LogP contribution in [-0.4, -0.2) is 43.3 Å². The number of rotatable bonds is 7. The maximum atomic E-state index is 12.5. The van der Waals surface area contributed by atoms with E-state index in [9.17, 15) is 8.42 Å². The van der Waals surface area contributed by atoms with Gasteiger partial charge in [-0.1, -0.05) is 18.2 Å². The van der Waals surface area contributed by atoms with Crippen LogP contribution >= 0.6 is 0 Å². The minimum atomic E-state index is -3.37. The van der Waals surface area contributed by atoms with Gasteiger partial charge in [0.25, 0.3) is 0 Å². The van der Waals surface area contributed by atoms with Crippen LogP contribution < -0.4 is 11.1 Å². The molecule has 1 aliphatic heterocycles. The number of hydrogen-bond donors (Lipinski definition) is 2. The minimum Gasteiger partial charge on any atom is -0.370 e. The maximum Gasteiger partial charge on any atom is 0.243 e. The van der Waals surface area contributed by atoms with Gasteiger partial charge in [0.05, 0.1) is 11.4 Å². The molecule has 0 amide bonds. The van der Waals surface area contributed by atoms with Gasteiger partial charge < -0.3 is 11.1 Å². The molecule has 1 aromatic heterocycles. The first-order valence-electron chi connectivity index (χ1n) is 9.08. The van der Waals surface area contributed by atoms with Crippen molar-refractivity contribution in [3.63, 3.8) is 0 Å². The van der Waals surface area contributed by atoms with Crippen molar-refractivity contribution < 1.29 is 8.42 Å². The molecule has 2 aromatic rings. The standard InChI is InChI=1S/C19H25N5O2S/c20-19(22-12-10-17-5-1-2-11-21-17)23-15-16-6-8-18(9-7-16)27(25,26)24-13-3-4-14-24/h1-2,5-9,11H,3-4,10,12-15H2,(H3,20,22,23). The van der Waals surface area contributed by atoms with Crippen LogP contribution in [0, 0.1) is 0 Å². The quantitative estimate of drug-likeness (QED) is 0.554. The maximum absolute atomic E-state index is 12.5. The largest absolute Gasteiger partial charge is 0.370 e. The summed E-state index contributed by atoms with van der Waals surface area (Å²) >= 11 is 0. The van der Waals surface area contributed by atoms with Crippen LogP contribution in [0.25, 0.3) is 0 Å². The highest BCUT2D eigenvalue weighted by Crippen LogP contribution is 2.21. The summed E-state index contributed by atoms with van der Waals surface area (Å²) in [5, 5.41) is 3.06. The zero-order valence-corrected chi connectivity index (χ0v) is 16.0. The molecular formula is C19H25N5O2S. The summed E-state index contributed by atoms with van der Waals surface area (Å²) in [4.78, 5) is 8.88. The molecule has 27 heavy (non-hydrogen) atoms. The van der Waals surface area contributed by atoms with Gasteiger partial charge in [-0.3, -0.25) is 4.98 Å². The van der Waals surface area contributed by atoms with E-state index in [0.29, 0.717) is 37.0 Å². The Morgan fingerprint density at radius 1 is 1.15 bits per heavy atom. The lowest BCUT2D eigenvalue weighted by atomic mass is 10.2. The second-order valence-corrected chi connectivity index (χ2v) is 8.39. The predicted octanol–water partition coefficient (Wildman–Crippen LogP) is 1.51. The van der Waals surface area contributed by atoms with Crippen LogP contribution in [0.15, 0.2) is 58.5 Å². The molecule has 144 valence electrons. The second-order valence-electron chi connectivity index (χ2n) is 6.45. The third-order valence-corrected chi connectivity index (χ3v) is 6.38. The molecule has 2 heterocycles. The molecule has 0 atom stereocenters. The first-order chi connectivity index (χ1) is 13.1. The monoisotopic (exact) mass is 387 g/mol. The Hall–Kier alpha value is -2.45. The Labute approximate surface area is 160 Å². The van der Waals surface area contributed by atoms with Crippen molar-refractivity contribution in [1.82, 2.24) is 14.6 Å². The van der Waals surface area contributed by atoms with Gasteiger partial charge in [-0.05, 0) is 42.7 Å². The molecule has 0 bridgehead atoms. The molecule has 0 saturated carbocycles. The summed E-state index contributed by atoms with van der Waals surface area (Å²) in [6.07, 6.45) is 4.39. The highest BCUT2D eigenvalue weighted by Gasteiger charge is 2.26. The van der Waals surface area contributed by atoms with Crippen molar-refractivity contribution in [3.8, 4) is 0 Å². The van der Waals surface area contributed by atoms with Crippen LogP contribution in [0.5, 0.6) is 0 Å². The van der Waals surface area contributed by atoms with Crippen LogP contribution in [0.3, 0.4) is 0 Å². The SMILES string of the molecule is NC(=NCc1ccc(S(=O)(=O)N2CCCC2)cc1)NCCc1ccccn1. The second kappa shape index (κ2) is 8.96. The molecule has 1 fully saturated rings. The minimum absolute atomic E-state index is 0.332. The Morgan fingerprint density at radius 2 is 1.89 bits per heavy atom. The van der Waals surface area contributed by atoms with E-state index in [4.69, 9.17) is 5.73 Å². The Morgan fingerprint density at radius 3 is 2.56 bits per heavy atom. The third kappa shape index (κ3) is 5.27. The van der Waals surface area contributed by atoms with Crippen molar-refractivity contribution in [2.24, 2.45) is 10.7 Å². The summed E-state index contributed by atoms with van der Waals surface area (Å²) in [7, 11) is -3.37. The molecule has 0 radical (unpaired) electrons. The number of aromatic nitrogens is 1. The fourth-order valence-corrected chi connectivity index (χ4v) is 4.46. The summed E-state index contributed by atoms with van der Waals surface area (Å²) in [6, 6.07) is 12.7. The molecule has 3 N–H and O–H groups in total. The molecule has 0 unspecified atom stereocenters. The van der Waals surface area contributed by atoms with E-state index in [1.807, 2.05) is 18.2 Å². The van der Waals surface area contributed by atoms with Crippen LogP contribution in [0.1, 0.15) is 24.1 Å². The molecule has 8 heteroatoms. The van der Waals surface area contributed by atoms with Gasteiger partial charge in [0.2, 0.25) is 10.0 Å². The van der Waals surface area contributed by atoms with Crippen LogP contribution in [0.2, 0.25) is 0 Å². The van der Waals surface area contributed by atoms with Crippen molar-refractivity contribution in [2.75, 3.05) is 19.6 Å². The average Bonchev–Trinajstić information content (AvgIpc) is 3.23. The van der Waals surface area contributed by atoms with Gasteiger partial charge in [0.15, 0.2) is 5.96 Å². The number of nitrogens with zero attached hydrogens (tertiary/aromatic N) is 3. The number of guanidine groups is 1. The van der Waals surface area contributed by atoms with Crippen molar-refractivity contribution >= 4 is 16.0 Å². The van der Waals surface area contributed by atoms with Gasteiger partial charge in [0.1, 0.15) is 0 Å². The molecule has 0 spiro atoms. The Balaban J connectivity index is 1.51. The van der Waals surface area contributed by atoms with Gasteiger partial charge >= 0.3 is 0 Å². The smallest absolute Gasteiger partial charge is 0.243 e. The molecule has 1 aliphatic rings. The number of hydrogen-bond acceptors (Lipinski definition) is 4. The lowest BCUT2D eigenvalue weighted by molar-refractivity contribution is 0.477. The third-order valence-electron chi connectivity index (χ3n) is 4.47. The van der Waals surface area contributed by atoms with Crippen molar-refractivity contribution in [2.45, 2.75) is 30.7 Å².